The summed E-state index contributed by atoms with van der Waals surface area (Å²) >= 11 is 0. The normalized spacial score (nSPS) is 16.8. The highest BCUT2D eigenvalue weighted by Gasteiger charge is 2.13. The quantitative estimate of drug-likeness (QED) is 0.608. The van der Waals surface area contributed by atoms with E-state index in [2.05, 4.69) is 13.8 Å². The standard InChI is InChI=1S/C14H30O3/c1-5-7-9-14(8-6-2)17-13(4)11-16-12(3)10-15/h12-15H,5-11H2,1-4H3. The highest BCUT2D eigenvalue weighted by Crippen LogP contribution is 2.13. The van der Waals surface area contributed by atoms with Gasteiger partial charge in [-0.05, 0) is 26.7 Å². The second-order valence-electron chi connectivity index (χ2n) is 4.83. The van der Waals surface area contributed by atoms with Crippen LogP contribution >= 0.6 is 0 Å². The van der Waals surface area contributed by atoms with E-state index in [1.807, 2.05) is 13.8 Å². The lowest BCUT2D eigenvalue weighted by Gasteiger charge is -2.23. The van der Waals surface area contributed by atoms with Crippen molar-refractivity contribution in [2.75, 3.05) is 13.2 Å². The second kappa shape index (κ2) is 11.0. The summed E-state index contributed by atoms with van der Waals surface area (Å²) in [5.74, 6) is 0. The fourth-order valence-electron chi connectivity index (χ4n) is 1.75. The van der Waals surface area contributed by atoms with Crippen molar-refractivity contribution >= 4 is 0 Å². The fraction of sp³-hybridized carbons (Fsp3) is 1.00. The molecular formula is C14H30O3. The third kappa shape index (κ3) is 9.57. The average Bonchev–Trinajstić information content (AvgIpc) is 2.33. The minimum Gasteiger partial charge on any atom is -0.394 e. The zero-order valence-corrected chi connectivity index (χ0v) is 11.9. The maximum Gasteiger partial charge on any atom is 0.0784 e. The van der Waals surface area contributed by atoms with Crippen LogP contribution in [0.4, 0.5) is 0 Å². The van der Waals surface area contributed by atoms with Crippen molar-refractivity contribution in [2.24, 2.45) is 0 Å². The maximum absolute atomic E-state index is 8.86. The van der Waals surface area contributed by atoms with Gasteiger partial charge >= 0.3 is 0 Å². The van der Waals surface area contributed by atoms with Crippen molar-refractivity contribution in [3.63, 3.8) is 0 Å². The smallest absolute Gasteiger partial charge is 0.0784 e. The molecule has 0 saturated heterocycles. The van der Waals surface area contributed by atoms with E-state index >= 15 is 0 Å². The zero-order valence-electron chi connectivity index (χ0n) is 11.9. The molecule has 0 saturated carbocycles. The molecule has 0 aliphatic heterocycles. The number of aliphatic hydroxyl groups is 1. The Balaban J connectivity index is 3.81. The van der Waals surface area contributed by atoms with Crippen LogP contribution in [0.15, 0.2) is 0 Å². The van der Waals surface area contributed by atoms with Gasteiger partial charge in [0.05, 0.1) is 31.5 Å². The lowest BCUT2D eigenvalue weighted by molar-refractivity contribution is -0.0765. The van der Waals surface area contributed by atoms with Crippen LogP contribution < -0.4 is 0 Å². The van der Waals surface area contributed by atoms with Gasteiger partial charge in [0, 0.05) is 0 Å². The van der Waals surface area contributed by atoms with Crippen LogP contribution in [-0.2, 0) is 9.47 Å². The van der Waals surface area contributed by atoms with E-state index in [0.29, 0.717) is 12.7 Å². The number of ether oxygens (including phenoxy) is 2. The van der Waals surface area contributed by atoms with Crippen LogP contribution in [0.1, 0.15) is 59.8 Å². The average molecular weight is 246 g/mol. The predicted molar refractivity (Wildman–Crippen MR) is 71.3 cm³/mol. The first kappa shape index (κ1) is 16.9. The SMILES string of the molecule is CCCCC(CCC)OC(C)COC(C)CO. The van der Waals surface area contributed by atoms with Crippen LogP contribution in [0, 0.1) is 0 Å². The van der Waals surface area contributed by atoms with Crippen molar-refractivity contribution in [3.05, 3.63) is 0 Å². The minimum absolute atomic E-state index is 0.0704. The van der Waals surface area contributed by atoms with Crippen molar-refractivity contribution in [3.8, 4) is 0 Å². The van der Waals surface area contributed by atoms with Gasteiger partial charge in [-0.2, -0.15) is 0 Å². The number of aliphatic hydroxyl groups excluding tert-OH is 1. The summed E-state index contributed by atoms with van der Waals surface area (Å²) in [6.45, 7) is 8.94. The van der Waals surface area contributed by atoms with Crippen molar-refractivity contribution in [2.45, 2.75) is 78.1 Å². The van der Waals surface area contributed by atoms with Crippen LogP contribution in [0.2, 0.25) is 0 Å². The predicted octanol–water partition coefficient (Wildman–Crippen LogP) is 3.15. The Hall–Kier alpha value is -0.120. The molecule has 0 heterocycles. The molecule has 3 unspecified atom stereocenters. The molecule has 0 spiro atoms. The van der Waals surface area contributed by atoms with E-state index in [0.717, 1.165) is 19.3 Å². The first-order chi connectivity index (χ1) is 8.13. The molecule has 0 aromatic heterocycles. The lowest BCUT2D eigenvalue weighted by atomic mass is 10.1. The molecule has 1 N–H and O–H groups in total. The summed E-state index contributed by atoms with van der Waals surface area (Å²) < 4.78 is 11.4. The third-order valence-electron chi connectivity index (χ3n) is 2.79. The molecule has 0 amide bonds. The summed E-state index contributed by atoms with van der Waals surface area (Å²) in [6, 6.07) is 0. The fourth-order valence-corrected chi connectivity index (χ4v) is 1.75. The number of rotatable bonds is 11. The van der Waals surface area contributed by atoms with Crippen LogP contribution in [0.25, 0.3) is 0 Å². The summed E-state index contributed by atoms with van der Waals surface area (Å²) in [5.41, 5.74) is 0. The Labute approximate surface area is 107 Å². The monoisotopic (exact) mass is 246 g/mol. The molecule has 0 aliphatic rings. The molecule has 3 nitrogen and oxygen atoms in total. The van der Waals surface area contributed by atoms with Crippen molar-refractivity contribution < 1.29 is 14.6 Å². The molecule has 0 radical (unpaired) electrons. The molecule has 0 bridgehead atoms. The molecule has 3 heteroatoms. The van der Waals surface area contributed by atoms with Gasteiger partial charge in [-0.1, -0.05) is 33.1 Å². The third-order valence-corrected chi connectivity index (χ3v) is 2.79. The topological polar surface area (TPSA) is 38.7 Å². The molecule has 0 aliphatic carbocycles. The molecule has 0 fully saturated rings. The highest BCUT2D eigenvalue weighted by molar-refractivity contribution is 4.61. The van der Waals surface area contributed by atoms with Crippen LogP contribution in [0.3, 0.4) is 0 Å². The Morgan fingerprint density at radius 1 is 1.00 bits per heavy atom. The molecular weight excluding hydrogens is 216 g/mol. The lowest BCUT2D eigenvalue weighted by Crippen LogP contribution is -2.26. The van der Waals surface area contributed by atoms with Gasteiger partial charge in [-0.3, -0.25) is 0 Å². The second-order valence-corrected chi connectivity index (χ2v) is 4.83. The maximum atomic E-state index is 8.86. The molecule has 17 heavy (non-hydrogen) atoms. The summed E-state index contributed by atoms with van der Waals surface area (Å²) in [6.07, 6.45) is 6.25. The van der Waals surface area contributed by atoms with Gasteiger partial charge in [0.25, 0.3) is 0 Å². The van der Waals surface area contributed by atoms with Gasteiger partial charge in [0.15, 0.2) is 0 Å². The van der Waals surface area contributed by atoms with Crippen molar-refractivity contribution in [1.29, 1.82) is 0 Å². The zero-order chi connectivity index (χ0) is 13.1. The largest absolute Gasteiger partial charge is 0.394 e. The number of unbranched alkanes of at least 4 members (excludes halogenated alkanes) is 1. The van der Waals surface area contributed by atoms with Gasteiger partial charge in [-0.25, -0.2) is 0 Å². The van der Waals surface area contributed by atoms with Gasteiger partial charge in [-0.15, -0.1) is 0 Å². The van der Waals surface area contributed by atoms with E-state index in [4.69, 9.17) is 14.6 Å². The summed E-state index contributed by atoms with van der Waals surface area (Å²) in [4.78, 5) is 0. The Morgan fingerprint density at radius 2 is 1.71 bits per heavy atom. The van der Waals surface area contributed by atoms with E-state index in [9.17, 15) is 0 Å². The van der Waals surface area contributed by atoms with Gasteiger partial charge < -0.3 is 14.6 Å². The number of hydrogen-bond acceptors (Lipinski definition) is 3. The van der Waals surface area contributed by atoms with E-state index in [1.165, 1.54) is 12.8 Å². The van der Waals surface area contributed by atoms with Crippen LogP contribution in [0.5, 0.6) is 0 Å². The minimum atomic E-state index is -0.0960. The highest BCUT2D eigenvalue weighted by atomic mass is 16.5. The van der Waals surface area contributed by atoms with E-state index in [-0.39, 0.29) is 18.8 Å². The molecule has 0 aromatic rings. The molecule has 0 rings (SSSR count). The first-order valence-corrected chi connectivity index (χ1v) is 7.01. The number of hydrogen-bond donors (Lipinski definition) is 1. The molecule has 104 valence electrons. The Bertz CT molecular complexity index is 162. The van der Waals surface area contributed by atoms with Crippen LogP contribution in [-0.4, -0.2) is 36.6 Å². The Kier molecular flexibility index (Phi) is 10.9. The molecule has 0 aromatic carbocycles. The van der Waals surface area contributed by atoms with E-state index in [1.54, 1.807) is 0 Å². The van der Waals surface area contributed by atoms with Gasteiger partial charge in [0.2, 0.25) is 0 Å². The Morgan fingerprint density at radius 3 is 2.24 bits per heavy atom. The first-order valence-electron chi connectivity index (χ1n) is 7.01. The van der Waals surface area contributed by atoms with Crippen molar-refractivity contribution in [1.82, 2.24) is 0 Å². The summed E-state index contributed by atoms with van der Waals surface area (Å²) in [5, 5.41) is 8.86. The van der Waals surface area contributed by atoms with E-state index < -0.39 is 0 Å². The summed E-state index contributed by atoms with van der Waals surface area (Å²) in [7, 11) is 0. The molecule has 3 atom stereocenters. The van der Waals surface area contributed by atoms with Gasteiger partial charge in [0.1, 0.15) is 0 Å².